The van der Waals surface area contributed by atoms with Crippen molar-refractivity contribution < 1.29 is 18.3 Å². The van der Waals surface area contributed by atoms with Gasteiger partial charge in [0.2, 0.25) is 0 Å². The molecule has 2 aromatic rings. The predicted octanol–water partition coefficient (Wildman–Crippen LogP) is 5.22. The van der Waals surface area contributed by atoms with Gasteiger partial charge in [0, 0.05) is 18.8 Å². The molecule has 0 aliphatic carbocycles. The van der Waals surface area contributed by atoms with Crippen LogP contribution in [0, 0.1) is 5.92 Å². The van der Waals surface area contributed by atoms with E-state index < -0.39 is 17.8 Å². The van der Waals surface area contributed by atoms with Crippen LogP contribution in [-0.2, 0) is 12.6 Å². The van der Waals surface area contributed by atoms with Crippen LogP contribution >= 0.6 is 0 Å². The standard InChI is InChI=1S/C21H24F3NO/c1-2-15-6-3-4-9-19(15)25-12-10-16(11-13-25)20(26)17-7-5-8-18(14-17)21(22,23)24/h3-9,14,16,20,26H,2,10-13H2,1H3. The number of piperidine rings is 1. The average Bonchev–Trinajstić information content (AvgIpc) is 2.67. The predicted molar refractivity (Wildman–Crippen MR) is 97.2 cm³/mol. The third-order valence-electron chi connectivity index (χ3n) is 5.25. The lowest BCUT2D eigenvalue weighted by molar-refractivity contribution is -0.137. The molecule has 1 aliphatic heterocycles. The quantitative estimate of drug-likeness (QED) is 0.805. The van der Waals surface area contributed by atoms with Crippen molar-refractivity contribution in [3.05, 3.63) is 65.2 Å². The van der Waals surface area contributed by atoms with Crippen LogP contribution in [0.3, 0.4) is 0 Å². The number of aliphatic hydroxyl groups excluding tert-OH is 1. The average molecular weight is 363 g/mol. The van der Waals surface area contributed by atoms with Gasteiger partial charge < -0.3 is 10.0 Å². The van der Waals surface area contributed by atoms with Crippen molar-refractivity contribution in [1.29, 1.82) is 0 Å². The summed E-state index contributed by atoms with van der Waals surface area (Å²) in [6.07, 6.45) is -2.77. The third-order valence-corrected chi connectivity index (χ3v) is 5.25. The van der Waals surface area contributed by atoms with Gasteiger partial charge in [0.05, 0.1) is 11.7 Å². The van der Waals surface area contributed by atoms with Gasteiger partial charge in [-0.15, -0.1) is 0 Å². The molecule has 1 atom stereocenters. The number of para-hydroxylation sites is 1. The van der Waals surface area contributed by atoms with Crippen LogP contribution in [0.15, 0.2) is 48.5 Å². The Morgan fingerprint density at radius 1 is 1.08 bits per heavy atom. The molecule has 0 amide bonds. The van der Waals surface area contributed by atoms with Crippen molar-refractivity contribution in [2.75, 3.05) is 18.0 Å². The highest BCUT2D eigenvalue weighted by Gasteiger charge is 2.32. The smallest absolute Gasteiger partial charge is 0.388 e. The van der Waals surface area contributed by atoms with E-state index in [1.807, 2.05) is 12.1 Å². The lowest BCUT2D eigenvalue weighted by Gasteiger charge is -2.36. The van der Waals surface area contributed by atoms with Crippen molar-refractivity contribution >= 4 is 5.69 Å². The van der Waals surface area contributed by atoms with Gasteiger partial charge in [0.15, 0.2) is 0 Å². The van der Waals surface area contributed by atoms with Crippen LogP contribution in [0.25, 0.3) is 0 Å². The summed E-state index contributed by atoms with van der Waals surface area (Å²) in [6, 6.07) is 13.4. The van der Waals surface area contributed by atoms with Crippen LogP contribution < -0.4 is 4.90 Å². The van der Waals surface area contributed by atoms with Crippen molar-refractivity contribution in [2.45, 2.75) is 38.5 Å². The largest absolute Gasteiger partial charge is 0.416 e. The minimum Gasteiger partial charge on any atom is -0.388 e. The van der Waals surface area contributed by atoms with E-state index in [2.05, 4.69) is 24.0 Å². The van der Waals surface area contributed by atoms with Crippen LogP contribution in [0.5, 0.6) is 0 Å². The molecule has 2 aromatic carbocycles. The van der Waals surface area contributed by atoms with Crippen molar-refractivity contribution in [3.8, 4) is 0 Å². The van der Waals surface area contributed by atoms with E-state index in [9.17, 15) is 18.3 Å². The van der Waals surface area contributed by atoms with Crippen LogP contribution in [0.4, 0.5) is 18.9 Å². The van der Waals surface area contributed by atoms with E-state index in [1.54, 1.807) is 6.07 Å². The fourth-order valence-electron chi connectivity index (χ4n) is 3.75. The number of benzene rings is 2. The first-order valence-corrected chi connectivity index (χ1v) is 9.08. The number of anilines is 1. The Kier molecular flexibility index (Phi) is 5.56. The SMILES string of the molecule is CCc1ccccc1N1CCC(C(O)c2cccc(C(F)(F)F)c2)CC1. The van der Waals surface area contributed by atoms with E-state index in [-0.39, 0.29) is 5.92 Å². The lowest BCUT2D eigenvalue weighted by Crippen LogP contribution is -2.36. The fourth-order valence-corrected chi connectivity index (χ4v) is 3.75. The monoisotopic (exact) mass is 363 g/mol. The number of alkyl halides is 3. The first kappa shape index (κ1) is 18.8. The Balaban J connectivity index is 1.68. The first-order chi connectivity index (χ1) is 12.4. The molecular weight excluding hydrogens is 339 g/mol. The second-order valence-corrected chi connectivity index (χ2v) is 6.87. The molecule has 1 heterocycles. The third kappa shape index (κ3) is 4.04. The van der Waals surface area contributed by atoms with E-state index in [4.69, 9.17) is 0 Å². The molecule has 5 heteroatoms. The number of halogens is 3. The highest BCUT2D eigenvalue weighted by molar-refractivity contribution is 5.54. The van der Waals surface area contributed by atoms with Crippen LogP contribution in [0.1, 0.15) is 42.6 Å². The topological polar surface area (TPSA) is 23.5 Å². The molecule has 1 aliphatic rings. The Labute approximate surface area is 152 Å². The normalized spacial score (nSPS) is 17.3. The minimum absolute atomic E-state index is 0.0245. The van der Waals surface area contributed by atoms with Gasteiger partial charge in [0.1, 0.15) is 0 Å². The number of aliphatic hydroxyl groups is 1. The molecule has 140 valence electrons. The van der Waals surface area contributed by atoms with E-state index in [0.29, 0.717) is 5.56 Å². The van der Waals surface area contributed by atoms with Gasteiger partial charge in [-0.3, -0.25) is 0 Å². The zero-order chi connectivity index (χ0) is 18.7. The molecule has 1 fully saturated rings. The molecule has 26 heavy (non-hydrogen) atoms. The van der Waals surface area contributed by atoms with Crippen molar-refractivity contribution in [3.63, 3.8) is 0 Å². The lowest BCUT2D eigenvalue weighted by atomic mass is 9.86. The summed E-state index contributed by atoms with van der Waals surface area (Å²) in [5, 5.41) is 10.6. The summed E-state index contributed by atoms with van der Waals surface area (Å²) in [6.45, 7) is 3.73. The maximum Gasteiger partial charge on any atom is 0.416 e. The Morgan fingerprint density at radius 2 is 1.77 bits per heavy atom. The van der Waals surface area contributed by atoms with E-state index in [1.165, 1.54) is 17.3 Å². The Hall–Kier alpha value is -2.01. The second-order valence-electron chi connectivity index (χ2n) is 6.87. The molecule has 0 bridgehead atoms. The maximum atomic E-state index is 12.9. The molecule has 1 unspecified atom stereocenters. The Morgan fingerprint density at radius 3 is 2.42 bits per heavy atom. The number of hydrogen-bond donors (Lipinski definition) is 1. The van der Waals surface area contributed by atoms with Gasteiger partial charge in [-0.05, 0) is 54.5 Å². The number of aryl methyl sites for hydroxylation is 1. The summed E-state index contributed by atoms with van der Waals surface area (Å²) in [4.78, 5) is 2.31. The minimum atomic E-state index is -4.39. The molecule has 0 saturated carbocycles. The number of nitrogens with zero attached hydrogens (tertiary/aromatic N) is 1. The summed E-state index contributed by atoms with van der Waals surface area (Å²) in [5.74, 6) is -0.0245. The molecule has 0 aromatic heterocycles. The highest BCUT2D eigenvalue weighted by atomic mass is 19.4. The van der Waals surface area contributed by atoms with Gasteiger partial charge in [0.25, 0.3) is 0 Å². The van der Waals surface area contributed by atoms with Crippen LogP contribution in [-0.4, -0.2) is 18.2 Å². The van der Waals surface area contributed by atoms with E-state index >= 15 is 0 Å². The number of hydrogen-bond acceptors (Lipinski definition) is 2. The van der Waals surface area contributed by atoms with E-state index in [0.717, 1.165) is 44.5 Å². The fraction of sp³-hybridized carbons (Fsp3) is 0.429. The molecular formula is C21H24F3NO. The molecule has 3 rings (SSSR count). The van der Waals surface area contributed by atoms with Crippen molar-refractivity contribution in [1.82, 2.24) is 0 Å². The molecule has 0 radical (unpaired) electrons. The van der Waals surface area contributed by atoms with Crippen LogP contribution in [0.2, 0.25) is 0 Å². The highest BCUT2D eigenvalue weighted by Crippen LogP contribution is 2.36. The molecule has 2 nitrogen and oxygen atoms in total. The van der Waals surface area contributed by atoms with Gasteiger partial charge in [-0.2, -0.15) is 13.2 Å². The maximum absolute atomic E-state index is 12.9. The summed E-state index contributed by atoms with van der Waals surface area (Å²) >= 11 is 0. The van der Waals surface area contributed by atoms with Gasteiger partial charge in [-0.1, -0.05) is 37.3 Å². The van der Waals surface area contributed by atoms with Gasteiger partial charge in [-0.25, -0.2) is 0 Å². The zero-order valence-corrected chi connectivity index (χ0v) is 14.8. The zero-order valence-electron chi connectivity index (χ0n) is 14.8. The summed E-state index contributed by atoms with van der Waals surface area (Å²) in [7, 11) is 0. The second kappa shape index (κ2) is 7.70. The summed E-state index contributed by atoms with van der Waals surface area (Å²) < 4.78 is 38.7. The first-order valence-electron chi connectivity index (χ1n) is 9.08. The van der Waals surface area contributed by atoms with Crippen molar-refractivity contribution in [2.24, 2.45) is 5.92 Å². The molecule has 1 saturated heterocycles. The Bertz CT molecular complexity index is 736. The summed E-state index contributed by atoms with van der Waals surface area (Å²) in [5.41, 5.74) is 2.17. The van der Waals surface area contributed by atoms with Gasteiger partial charge >= 0.3 is 6.18 Å². The number of rotatable bonds is 4. The molecule has 1 N–H and O–H groups in total. The molecule has 0 spiro atoms.